The molecule has 2 aromatic heterocycles. The molecule has 45 heavy (non-hydrogen) atoms. The Bertz CT molecular complexity index is 1730. The number of hydrogen-bond acceptors (Lipinski definition) is 5. The van der Waals surface area contributed by atoms with E-state index in [0.29, 0.717) is 29.0 Å². The standard InChI is InChI=1S/C29H28F7N5O4/c1-28(2,3)20-12-39(6-7-40(20)27(44)45)25-19(33)10-15-22(42)16(26(43)37-23(13-4-5-13)29(34,35)36)11-41(24(15)38-25)21-17(31)8-14(30)9-18(21)32/h8-11,13,20,23H,4-7,12H2,1-3H3,(H,37,43)(H,44,45)/t20?,23-/m0/s1. The number of carboxylic acid groups (broad SMARTS) is 1. The number of alkyl halides is 3. The number of aromatic nitrogens is 2. The van der Waals surface area contributed by atoms with Crippen LogP contribution in [0.3, 0.4) is 0 Å². The minimum atomic E-state index is -4.86. The van der Waals surface area contributed by atoms with Gasteiger partial charge < -0.3 is 20.2 Å². The number of halogens is 7. The minimum Gasteiger partial charge on any atom is -0.465 e. The number of nitrogens with one attached hydrogen (secondary N) is 1. The Morgan fingerprint density at radius 3 is 2.16 bits per heavy atom. The van der Waals surface area contributed by atoms with E-state index in [2.05, 4.69) is 4.98 Å². The molecule has 0 radical (unpaired) electrons. The van der Waals surface area contributed by atoms with Gasteiger partial charge in [0.1, 0.15) is 23.1 Å². The molecular weight excluding hydrogens is 615 g/mol. The van der Waals surface area contributed by atoms with Crippen LogP contribution < -0.4 is 15.6 Å². The van der Waals surface area contributed by atoms with Gasteiger partial charge in [0.25, 0.3) is 5.91 Å². The van der Waals surface area contributed by atoms with Crippen LogP contribution >= 0.6 is 0 Å². The summed E-state index contributed by atoms with van der Waals surface area (Å²) in [5.41, 5.74) is -4.49. The van der Waals surface area contributed by atoms with Crippen molar-refractivity contribution >= 4 is 28.9 Å². The molecule has 2 N–H and O–H groups in total. The summed E-state index contributed by atoms with van der Waals surface area (Å²) in [6.45, 7) is 5.15. The summed E-state index contributed by atoms with van der Waals surface area (Å²) in [6.07, 6.45) is -5.13. The molecule has 2 amide bonds. The van der Waals surface area contributed by atoms with E-state index in [0.717, 1.165) is 0 Å². The van der Waals surface area contributed by atoms with Gasteiger partial charge in [-0.15, -0.1) is 0 Å². The number of rotatable bonds is 5. The van der Waals surface area contributed by atoms with Crippen molar-refractivity contribution in [1.82, 2.24) is 19.8 Å². The number of amides is 2. The monoisotopic (exact) mass is 643 g/mol. The molecule has 242 valence electrons. The maximum atomic E-state index is 15.7. The molecule has 2 fully saturated rings. The highest BCUT2D eigenvalue weighted by molar-refractivity contribution is 5.97. The molecule has 1 unspecified atom stereocenters. The summed E-state index contributed by atoms with van der Waals surface area (Å²) < 4.78 is 101. The molecular formula is C29H28F7N5O4. The molecule has 1 aliphatic heterocycles. The van der Waals surface area contributed by atoms with Gasteiger partial charge in [-0.1, -0.05) is 20.8 Å². The van der Waals surface area contributed by atoms with E-state index >= 15 is 13.2 Å². The topological polar surface area (TPSA) is 108 Å². The van der Waals surface area contributed by atoms with Crippen molar-refractivity contribution < 1.29 is 45.4 Å². The Morgan fingerprint density at radius 2 is 1.62 bits per heavy atom. The molecule has 16 heteroatoms. The smallest absolute Gasteiger partial charge is 0.408 e. The number of carbonyl (C=O) groups excluding carboxylic acids is 1. The lowest BCUT2D eigenvalue weighted by Gasteiger charge is -2.46. The quantitative estimate of drug-likeness (QED) is 0.369. The largest absolute Gasteiger partial charge is 0.465 e. The van der Waals surface area contributed by atoms with Crippen molar-refractivity contribution in [3.63, 3.8) is 0 Å². The number of anilines is 1. The Morgan fingerprint density at radius 1 is 1.00 bits per heavy atom. The van der Waals surface area contributed by atoms with Crippen LogP contribution in [0.5, 0.6) is 0 Å². The predicted molar refractivity (Wildman–Crippen MR) is 147 cm³/mol. The van der Waals surface area contributed by atoms with Gasteiger partial charge in [0.2, 0.25) is 5.43 Å². The van der Waals surface area contributed by atoms with Crippen LogP contribution in [0.4, 0.5) is 41.3 Å². The summed E-state index contributed by atoms with van der Waals surface area (Å²) in [5, 5.41) is 10.8. The third-order valence-corrected chi connectivity index (χ3v) is 8.04. The van der Waals surface area contributed by atoms with Crippen molar-refractivity contribution in [3.8, 4) is 5.69 Å². The predicted octanol–water partition coefficient (Wildman–Crippen LogP) is 5.23. The Kier molecular flexibility index (Phi) is 7.98. The maximum Gasteiger partial charge on any atom is 0.408 e. The molecule has 9 nitrogen and oxygen atoms in total. The Labute approximate surface area is 251 Å². The van der Waals surface area contributed by atoms with E-state index in [-0.39, 0.29) is 32.5 Å². The first-order valence-electron chi connectivity index (χ1n) is 13.9. The minimum absolute atomic E-state index is 0.0572. The average molecular weight is 644 g/mol. The number of benzene rings is 1. The molecule has 1 aliphatic carbocycles. The van der Waals surface area contributed by atoms with Crippen LogP contribution in [-0.4, -0.2) is 69.5 Å². The van der Waals surface area contributed by atoms with Crippen molar-refractivity contribution in [2.24, 2.45) is 11.3 Å². The molecule has 0 bridgehead atoms. The average Bonchev–Trinajstić information content (AvgIpc) is 3.76. The summed E-state index contributed by atoms with van der Waals surface area (Å²) in [6, 6.07) is -1.71. The zero-order chi connectivity index (χ0) is 33.2. The zero-order valence-corrected chi connectivity index (χ0v) is 24.2. The van der Waals surface area contributed by atoms with E-state index in [9.17, 15) is 37.1 Å². The highest BCUT2D eigenvalue weighted by Crippen LogP contribution is 2.40. The van der Waals surface area contributed by atoms with Gasteiger partial charge in [0, 0.05) is 38.0 Å². The van der Waals surface area contributed by atoms with Gasteiger partial charge in [0.05, 0.1) is 11.4 Å². The molecule has 0 spiro atoms. The highest BCUT2D eigenvalue weighted by Gasteiger charge is 2.50. The first-order valence-corrected chi connectivity index (χ1v) is 13.9. The Balaban J connectivity index is 1.69. The third-order valence-electron chi connectivity index (χ3n) is 8.04. The second-order valence-corrected chi connectivity index (χ2v) is 12.3. The van der Waals surface area contributed by atoms with E-state index in [1.54, 1.807) is 26.1 Å². The van der Waals surface area contributed by atoms with Gasteiger partial charge in [-0.05, 0) is 30.2 Å². The number of pyridine rings is 2. The molecule has 2 atom stereocenters. The van der Waals surface area contributed by atoms with Crippen molar-refractivity contribution in [2.75, 3.05) is 24.5 Å². The molecule has 3 heterocycles. The van der Waals surface area contributed by atoms with Gasteiger partial charge >= 0.3 is 12.3 Å². The summed E-state index contributed by atoms with van der Waals surface area (Å²) in [4.78, 5) is 45.1. The zero-order valence-electron chi connectivity index (χ0n) is 24.2. The normalized spacial score (nSPS) is 18.3. The van der Waals surface area contributed by atoms with E-state index in [1.165, 1.54) is 9.80 Å². The second-order valence-electron chi connectivity index (χ2n) is 12.3. The third kappa shape index (κ3) is 6.14. The van der Waals surface area contributed by atoms with E-state index in [1.807, 2.05) is 0 Å². The van der Waals surface area contributed by atoms with Crippen LogP contribution in [-0.2, 0) is 0 Å². The molecule has 1 saturated heterocycles. The first-order chi connectivity index (χ1) is 20.9. The summed E-state index contributed by atoms with van der Waals surface area (Å²) >= 11 is 0. The van der Waals surface area contributed by atoms with Crippen LogP contribution in [0, 0.1) is 34.6 Å². The van der Waals surface area contributed by atoms with Crippen molar-refractivity contribution in [2.45, 2.75) is 51.9 Å². The van der Waals surface area contributed by atoms with Gasteiger partial charge in [-0.25, -0.2) is 27.3 Å². The van der Waals surface area contributed by atoms with Gasteiger partial charge in [-0.3, -0.25) is 14.2 Å². The van der Waals surface area contributed by atoms with Crippen LogP contribution in [0.1, 0.15) is 44.0 Å². The maximum absolute atomic E-state index is 15.7. The number of nitrogens with zero attached hydrogens (tertiary/aromatic N) is 4. The SMILES string of the molecule is CC(C)(C)C1CN(c2nc3c(cc2F)c(=O)c(C(=O)N[C@@H](C2CC2)C(F)(F)F)cn3-c2c(F)cc(F)cc2F)CCN1C(=O)O. The van der Waals surface area contributed by atoms with Crippen molar-refractivity contribution in [1.29, 1.82) is 0 Å². The van der Waals surface area contributed by atoms with Gasteiger partial charge in [-0.2, -0.15) is 13.2 Å². The number of piperazine rings is 1. The van der Waals surface area contributed by atoms with Gasteiger partial charge in [0.15, 0.2) is 28.9 Å². The fourth-order valence-corrected chi connectivity index (χ4v) is 5.59. The molecule has 5 rings (SSSR count). The van der Waals surface area contributed by atoms with Crippen molar-refractivity contribution in [3.05, 3.63) is 63.5 Å². The summed E-state index contributed by atoms with van der Waals surface area (Å²) in [7, 11) is 0. The van der Waals surface area contributed by atoms with Crippen LogP contribution in [0.15, 0.2) is 29.2 Å². The Hall–Kier alpha value is -4.37. The van der Waals surface area contributed by atoms with Crippen LogP contribution in [0.25, 0.3) is 16.7 Å². The molecule has 2 aliphatic rings. The molecule has 3 aromatic rings. The number of hydrogen-bond donors (Lipinski definition) is 2. The lowest BCUT2D eigenvalue weighted by Crippen LogP contribution is -2.59. The van der Waals surface area contributed by atoms with E-state index in [4.69, 9.17) is 0 Å². The number of carbonyl (C=O) groups is 2. The fourth-order valence-electron chi connectivity index (χ4n) is 5.59. The fraction of sp³-hybridized carbons (Fsp3) is 0.448. The molecule has 1 aromatic carbocycles. The first kappa shape index (κ1) is 32.0. The molecule has 1 saturated carbocycles. The second kappa shape index (κ2) is 11.2. The number of fused-ring (bicyclic) bond motifs is 1. The highest BCUT2D eigenvalue weighted by atomic mass is 19.4. The van der Waals surface area contributed by atoms with Crippen LogP contribution in [0.2, 0.25) is 0 Å². The summed E-state index contributed by atoms with van der Waals surface area (Å²) in [5.74, 6) is -8.30. The van der Waals surface area contributed by atoms with E-state index < -0.39 is 98.4 Å². The lowest BCUT2D eigenvalue weighted by atomic mass is 9.84. The lowest BCUT2D eigenvalue weighted by molar-refractivity contribution is -0.158.